The highest BCUT2D eigenvalue weighted by Crippen LogP contribution is 2.29. The Labute approximate surface area is 173 Å². The Hall–Kier alpha value is -2.91. The van der Waals surface area contributed by atoms with Gasteiger partial charge in [-0.1, -0.05) is 41.4 Å². The van der Waals surface area contributed by atoms with Gasteiger partial charge in [-0.25, -0.2) is 9.78 Å². The lowest BCUT2D eigenvalue weighted by molar-refractivity contribution is 0.563. The first-order chi connectivity index (χ1) is 13.5. The quantitative estimate of drug-likeness (QED) is 0.286. The Balaban J connectivity index is 1.78. The van der Waals surface area contributed by atoms with Crippen LogP contribution in [0.15, 0.2) is 63.1 Å². The Morgan fingerprint density at radius 2 is 2.00 bits per heavy atom. The lowest BCUT2D eigenvalue weighted by atomic mass is 10.1. The Morgan fingerprint density at radius 3 is 2.79 bits per heavy atom. The first-order valence-electron chi connectivity index (χ1n) is 8.11. The second-order valence-electron chi connectivity index (χ2n) is 5.86. The summed E-state index contributed by atoms with van der Waals surface area (Å²) in [5, 5.41) is 13.5. The van der Waals surface area contributed by atoms with Gasteiger partial charge in [0.2, 0.25) is 0 Å². The first-order valence-corrected chi connectivity index (χ1v) is 9.75. The van der Waals surface area contributed by atoms with Crippen LogP contribution in [0.2, 0.25) is 10.0 Å². The second kappa shape index (κ2) is 7.61. The van der Waals surface area contributed by atoms with E-state index in [2.05, 4.69) is 11.1 Å². The standard InChI is InChI=1S/C21H10Cl2N2O2S/c22-15-5-6-19-13(8-15)9-16(21(26)27-19)18-11-28-20(25-18)14(10-24)7-12-3-1-2-4-17(12)23/h1-9,11H/b14-7-. The second-order valence-corrected chi connectivity index (χ2v) is 7.56. The third kappa shape index (κ3) is 3.58. The molecule has 0 amide bonds. The zero-order chi connectivity index (χ0) is 19.7. The summed E-state index contributed by atoms with van der Waals surface area (Å²) >= 11 is 13.5. The number of rotatable bonds is 3. The Bertz CT molecular complexity index is 1330. The topological polar surface area (TPSA) is 66.9 Å². The Morgan fingerprint density at radius 1 is 1.18 bits per heavy atom. The van der Waals surface area contributed by atoms with Crippen LogP contribution in [0.25, 0.3) is 33.9 Å². The molecule has 28 heavy (non-hydrogen) atoms. The van der Waals surface area contributed by atoms with Gasteiger partial charge in [-0.15, -0.1) is 11.3 Å². The summed E-state index contributed by atoms with van der Waals surface area (Å²) in [7, 11) is 0. The van der Waals surface area contributed by atoms with Crippen LogP contribution in [-0.2, 0) is 0 Å². The monoisotopic (exact) mass is 424 g/mol. The molecule has 0 aliphatic rings. The number of allylic oxidation sites excluding steroid dienone is 1. The average molecular weight is 425 g/mol. The Kier molecular flexibility index (Phi) is 5.01. The minimum atomic E-state index is -0.500. The molecule has 7 heteroatoms. The van der Waals surface area contributed by atoms with Crippen LogP contribution in [0.3, 0.4) is 0 Å². The number of halogens is 2. The van der Waals surface area contributed by atoms with E-state index in [0.717, 1.165) is 5.56 Å². The fraction of sp³-hybridized carbons (Fsp3) is 0. The molecule has 0 radical (unpaired) electrons. The number of thiazole rings is 1. The number of nitrogens with zero attached hydrogens (tertiary/aromatic N) is 2. The molecule has 2 aromatic carbocycles. The first kappa shape index (κ1) is 18.5. The van der Waals surface area contributed by atoms with Gasteiger partial charge in [0.25, 0.3) is 0 Å². The van der Waals surface area contributed by atoms with Crippen LogP contribution in [0.4, 0.5) is 0 Å². The molecule has 4 aromatic rings. The van der Waals surface area contributed by atoms with Gasteiger partial charge in [-0.05, 0) is 42.0 Å². The summed E-state index contributed by atoms with van der Waals surface area (Å²) in [6.45, 7) is 0. The lowest BCUT2D eigenvalue weighted by Crippen LogP contribution is -2.02. The smallest absolute Gasteiger partial charge is 0.345 e. The van der Waals surface area contributed by atoms with Gasteiger partial charge < -0.3 is 4.42 Å². The molecule has 136 valence electrons. The third-order valence-corrected chi connectivity index (χ3v) is 5.49. The SMILES string of the molecule is N#C/C(=C/c1ccccc1Cl)c1nc(-c2cc3cc(Cl)ccc3oc2=O)cs1. The average Bonchev–Trinajstić information content (AvgIpc) is 3.17. The highest BCUT2D eigenvalue weighted by atomic mass is 35.5. The van der Waals surface area contributed by atoms with Crippen molar-refractivity contribution in [1.82, 2.24) is 4.98 Å². The van der Waals surface area contributed by atoms with E-state index in [1.165, 1.54) is 11.3 Å². The van der Waals surface area contributed by atoms with Gasteiger partial charge in [0.15, 0.2) is 0 Å². The minimum Gasteiger partial charge on any atom is -0.422 e. The highest BCUT2D eigenvalue weighted by molar-refractivity contribution is 7.11. The van der Waals surface area contributed by atoms with E-state index in [4.69, 9.17) is 27.6 Å². The van der Waals surface area contributed by atoms with Crippen LogP contribution in [0, 0.1) is 11.3 Å². The molecule has 2 aromatic heterocycles. The van der Waals surface area contributed by atoms with Gasteiger partial charge in [0.1, 0.15) is 16.7 Å². The molecule has 0 saturated heterocycles. The van der Waals surface area contributed by atoms with Crippen molar-refractivity contribution in [2.45, 2.75) is 0 Å². The molecule has 0 saturated carbocycles. The van der Waals surface area contributed by atoms with Gasteiger partial charge in [0, 0.05) is 20.8 Å². The molecule has 4 rings (SSSR count). The lowest BCUT2D eigenvalue weighted by Gasteiger charge is -2.00. The zero-order valence-corrected chi connectivity index (χ0v) is 16.5. The summed E-state index contributed by atoms with van der Waals surface area (Å²) in [5.74, 6) is 0. The van der Waals surface area contributed by atoms with Gasteiger partial charge in [-0.2, -0.15) is 5.26 Å². The maximum atomic E-state index is 12.4. The molecule has 0 aliphatic heterocycles. The summed E-state index contributed by atoms with van der Waals surface area (Å²) in [6, 6.07) is 16.1. The molecule has 0 spiro atoms. The molecular formula is C21H10Cl2N2O2S. The van der Waals surface area contributed by atoms with E-state index in [-0.39, 0.29) is 0 Å². The summed E-state index contributed by atoms with van der Waals surface area (Å²) < 4.78 is 5.36. The number of nitriles is 1. The molecule has 2 heterocycles. The summed E-state index contributed by atoms with van der Waals surface area (Å²) in [4.78, 5) is 16.8. The normalized spacial score (nSPS) is 11.5. The van der Waals surface area contributed by atoms with E-state index < -0.39 is 5.63 Å². The molecule has 0 bridgehead atoms. The van der Waals surface area contributed by atoms with Crippen molar-refractivity contribution >= 4 is 57.2 Å². The maximum absolute atomic E-state index is 12.4. The summed E-state index contributed by atoms with van der Waals surface area (Å²) in [6.07, 6.45) is 1.67. The van der Waals surface area contributed by atoms with Crippen LogP contribution in [-0.4, -0.2) is 4.98 Å². The molecule has 0 fully saturated rings. The fourth-order valence-electron chi connectivity index (χ4n) is 2.68. The van der Waals surface area contributed by atoms with E-state index in [1.54, 1.807) is 41.8 Å². The van der Waals surface area contributed by atoms with Crippen molar-refractivity contribution in [2.24, 2.45) is 0 Å². The number of fused-ring (bicyclic) bond motifs is 1. The minimum absolute atomic E-state index is 0.312. The van der Waals surface area contributed by atoms with E-state index in [1.807, 2.05) is 18.2 Å². The van der Waals surface area contributed by atoms with Crippen LogP contribution < -0.4 is 5.63 Å². The molecule has 0 N–H and O–H groups in total. The predicted octanol–water partition coefficient (Wildman–Crippen LogP) is 6.29. The van der Waals surface area contributed by atoms with Gasteiger partial charge >= 0.3 is 5.63 Å². The molecule has 0 aliphatic carbocycles. The fourth-order valence-corrected chi connectivity index (χ4v) is 3.84. The maximum Gasteiger partial charge on any atom is 0.345 e. The van der Waals surface area contributed by atoms with Crippen LogP contribution in [0.1, 0.15) is 10.6 Å². The largest absolute Gasteiger partial charge is 0.422 e. The molecular weight excluding hydrogens is 415 g/mol. The number of benzene rings is 2. The van der Waals surface area contributed by atoms with Crippen molar-refractivity contribution in [1.29, 1.82) is 5.26 Å². The van der Waals surface area contributed by atoms with E-state index in [9.17, 15) is 10.1 Å². The summed E-state index contributed by atoms with van der Waals surface area (Å²) in [5.41, 5.74) is 1.78. The van der Waals surface area contributed by atoms with Crippen molar-refractivity contribution < 1.29 is 4.42 Å². The van der Waals surface area contributed by atoms with Gasteiger partial charge in [-0.3, -0.25) is 0 Å². The number of hydrogen-bond donors (Lipinski definition) is 0. The molecule has 0 atom stereocenters. The van der Waals surface area contributed by atoms with E-state index >= 15 is 0 Å². The van der Waals surface area contributed by atoms with Crippen molar-refractivity contribution in [3.63, 3.8) is 0 Å². The van der Waals surface area contributed by atoms with Crippen LogP contribution >= 0.6 is 34.5 Å². The number of hydrogen-bond acceptors (Lipinski definition) is 5. The van der Waals surface area contributed by atoms with Crippen molar-refractivity contribution in [3.8, 4) is 17.3 Å². The predicted molar refractivity (Wildman–Crippen MR) is 114 cm³/mol. The molecule has 4 nitrogen and oxygen atoms in total. The zero-order valence-electron chi connectivity index (χ0n) is 14.1. The van der Waals surface area contributed by atoms with Crippen molar-refractivity contribution in [2.75, 3.05) is 0 Å². The van der Waals surface area contributed by atoms with Crippen molar-refractivity contribution in [3.05, 3.63) is 84.9 Å². The molecule has 0 unspecified atom stereocenters. The van der Waals surface area contributed by atoms with Gasteiger partial charge in [0.05, 0.1) is 16.8 Å². The number of aromatic nitrogens is 1. The third-order valence-electron chi connectivity index (χ3n) is 4.03. The van der Waals surface area contributed by atoms with Crippen LogP contribution in [0.5, 0.6) is 0 Å². The highest BCUT2D eigenvalue weighted by Gasteiger charge is 2.14. The van der Waals surface area contributed by atoms with E-state index in [0.29, 0.717) is 42.9 Å².